The molecule has 5 N–H and O–H groups in total. The smallest absolute Gasteiger partial charge is 0.155 e. The van der Waals surface area contributed by atoms with E-state index in [0.717, 1.165) is 19.4 Å². The largest absolute Gasteiger partial charge is 0.368 e. The maximum atomic E-state index is 9.05. The van der Waals surface area contributed by atoms with Gasteiger partial charge in [0.25, 0.3) is 0 Å². The Bertz CT molecular complexity index is 120. The van der Waals surface area contributed by atoms with E-state index in [0.29, 0.717) is 19.6 Å². The van der Waals surface area contributed by atoms with Crippen molar-refractivity contribution in [3.05, 3.63) is 0 Å². The Morgan fingerprint density at radius 3 is 1.94 bits per heavy atom. The molecule has 0 spiro atoms. The number of aliphatic hydroxyl groups excluding tert-OH is 1. The number of ether oxygens (including phenoxy) is 1. The van der Waals surface area contributed by atoms with Crippen molar-refractivity contribution < 1.29 is 9.84 Å². The quantitative estimate of drug-likeness (QED) is 0.408. The first-order chi connectivity index (χ1) is 8.22. The van der Waals surface area contributed by atoms with Crippen LogP contribution in [0.1, 0.15) is 58.8 Å². The fraction of sp³-hybridized carbons (Fsp3) is 1.00. The third-order valence-corrected chi connectivity index (χ3v) is 2.28. The van der Waals surface area contributed by atoms with Crippen LogP contribution in [-0.4, -0.2) is 31.1 Å². The Kier molecular flexibility index (Phi) is 20.6. The van der Waals surface area contributed by atoms with E-state index < -0.39 is 6.29 Å². The number of hydrogen-bond donors (Lipinski definition) is 3. The van der Waals surface area contributed by atoms with Gasteiger partial charge >= 0.3 is 0 Å². The van der Waals surface area contributed by atoms with Crippen LogP contribution in [-0.2, 0) is 4.74 Å². The molecule has 1 unspecified atom stereocenters. The van der Waals surface area contributed by atoms with Crippen LogP contribution < -0.4 is 11.5 Å². The molecule has 0 fully saturated rings. The summed E-state index contributed by atoms with van der Waals surface area (Å²) in [6, 6.07) is 0. The van der Waals surface area contributed by atoms with E-state index in [9.17, 15) is 0 Å². The van der Waals surface area contributed by atoms with Crippen LogP contribution in [0, 0.1) is 0 Å². The molecule has 0 aliphatic rings. The summed E-state index contributed by atoms with van der Waals surface area (Å²) in [6.45, 7) is 6.30. The molecule has 17 heavy (non-hydrogen) atoms. The maximum absolute atomic E-state index is 9.05. The van der Waals surface area contributed by atoms with Crippen LogP contribution in [0.25, 0.3) is 0 Å². The van der Waals surface area contributed by atoms with Gasteiger partial charge in [0.1, 0.15) is 0 Å². The second kappa shape index (κ2) is 18.2. The molecule has 0 aliphatic heterocycles. The van der Waals surface area contributed by atoms with Gasteiger partial charge in [-0.25, -0.2) is 0 Å². The molecular weight excluding hydrogens is 216 g/mol. The number of nitrogens with two attached hydrogens (primary N) is 2. The Labute approximate surface area is 107 Å². The third kappa shape index (κ3) is 21.6. The van der Waals surface area contributed by atoms with Crippen molar-refractivity contribution in [2.75, 3.05) is 19.7 Å². The molecular formula is C13H32N2O2. The molecule has 0 heterocycles. The fourth-order valence-electron chi connectivity index (χ4n) is 1.19. The van der Waals surface area contributed by atoms with E-state index in [2.05, 4.69) is 13.8 Å². The van der Waals surface area contributed by atoms with Crippen LogP contribution >= 0.6 is 0 Å². The second-order valence-corrected chi connectivity index (χ2v) is 4.11. The molecule has 0 saturated heterocycles. The number of rotatable bonds is 10. The molecule has 4 heteroatoms. The summed E-state index contributed by atoms with van der Waals surface area (Å²) in [5.41, 5.74) is 10.4. The summed E-state index contributed by atoms with van der Waals surface area (Å²) in [5.74, 6) is 0. The molecule has 0 amide bonds. The first kappa shape index (κ1) is 19.2. The molecule has 0 aromatic carbocycles. The van der Waals surface area contributed by atoms with Gasteiger partial charge in [0, 0.05) is 13.0 Å². The van der Waals surface area contributed by atoms with E-state index in [1.807, 2.05) is 0 Å². The lowest BCUT2D eigenvalue weighted by Gasteiger charge is -2.09. The minimum atomic E-state index is -0.656. The van der Waals surface area contributed by atoms with Crippen LogP contribution in [0.15, 0.2) is 0 Å². The molecule has 0 radical (unpaired) electrons. The van der Waals surface area contributed by atoms with Gasteiger partial charge in [-0.1, -0.05) is 39.5 Å². The van der Waals surface area contributed by atoms with E-state index in [4.69, 9.17) is 21.3 Å². The van der Waals surface area contributed by atoms with Crippen LogP contribution in [0.5, 0.6) is 0 Å². The first-order valence-electron chi connectivity index (χ1n) is 6.92. The zero-order valence-corrected chi connectivity index (χ0v) is 11.7. The van der Waals surface area contributed by atoms with E-state index in [1.165, 1.54) is 25.7 Å². The maximum Gasteiger partial charge on any atom is 0.155 e. The Morgan fingerprint density at radius 2 is 1.53 bits per heavy atom. The number of aliphatic hydroxyl groups is 1. The average Bonchev–Trinajstić information content (AvgIpc) is 2.33. The first-order valence-corrected chi connectivity index (χ1v) is 6.92. The minimum absolute atomic E-state index is 0.481. The van der Waals surface area contributed by atoms with E-state index in [1.54, 1.807) is 0 Å². The zero-order valence-electron chi connectivity index (χ0n) is 11.7. The van der Waals surface area contributed by atoms with Gasteiger partial charge < -0.3 is 21.3 Å². The highest BCUT2D eigenvalue weighted by Crippen LogP contribution is 1.98. The molecule has 0 bridgehead atoms. The summed E-state index contributed by atoms with van der Waals surface area (Å²) >= 11 is 0. The van der Waals surface area contributed by atoms with Crippen molar-refractivity contribution in [3.8, 4) is 0 Å². The van der Waals surface area contributed by atoms with Crippen molar-refractivity contribution in [1.82, 2.24) is 0 Å². The molecule has 0 rings (SSSR count). The van der Waals surface area contributed by atoms with Crippen molar-refractivity contribution in [3.63, 3.8) is 0 Å². The molecule has 0 aromatic rings. The molecule has 106 valence electrons. The summed E-state index contributed by atoms with van der Waals surface area (Å²) in [5, 5.41) is 9.05. The highest BCUT2D eigenvalue weighted by molar-refractivity contribution is 4.43. The molecule has 0 aromatic heterocycles. The topological polar surface area (TPSA) is 81.5 Å². The Morgan fingerprint density at radius 1 is 0.941 bits per heavy atom. The van der Waals surface area contributed by atoms with Gasteiger partial charge in [-0.3, -0.25) is 0 Å². The van der Waals surface area contributed by atoms with Gasteiger partial charge in [-0.05, 0) is 25.9 Å². The molecule has 4 nitrogen and oxygen atoms in total. The second-order valence-electron chi connectivity index (χ2n) is 4.11. The van der Waals surface area contributed by atoms with Gasteiger partial charge in [0.2, 0.25) is 0 Å². The summed E-state index contributed by atoms with van der Waals surface area (Å²) < 4.78 is 5.06. The minimum Gasteiger partial charge on any atom is -0.368 e. The lowest BCUT2D eigenvalue weighted by atomic mass is 10.3. The third-order valence-electron chi connectivity index (χ3n) is 2.28. The normalized spacial score (nSPS) is 11.8. The Balaban J connectivity index is 0. The van der Waals surface area contributed by atoms with Crippen LogP contribution in [0.4, 0.5) is 0 Å². The fourth-order valence-corrected chi connectivity index (χ4v) is 1.19. The standard InChI is InChI=1S/C8H19NO2.C5H13N/c1-2-3-4-7-11-8(10)5-6-9;1-2-3-4-5-6/h8,10H,2-7,9H2,1H3;2-6H2,1H3. The van der Waals surface area contributed by atoms with Gasteiger partial charge in [0.05, 0.1) is 0 Å². The predicted molar refractivity (Wildman–Crippen MR) is 73.7 cm³/mol. The summed E-state index contributed by atoms with van der Waals surface area (Å²) in [6.07, 6.45) is 7.00. The average molecular weight is 248 g/mol. The van der Waals surface area contributed by atoms with Crippen molar-refractivity contribution in [2.24, 2.45) is 11.5 Å². The van der Waals surface area contributed by atoms with Gasteiger partial charge in [-0.2, -0.15) is 0 Å². The monoisotopic (exact) mass is 248 g/mol. The van der Waals surface area contributed by atoms with Gasteiger partial charge in [0.15, 0.2) is 6.29 Å². The lowest BCUT2D eigenvalue weighted by molar-refractivity contribution is -0.102. The van der Waals surface area contributed by atoms with E-state index in [-0.39, 0.29) is 0 Å². The zero-order chi connectivity index (χ0) is 13.4. The molecule has 1 atom stereocenters. The van der Waals surface area contributed by atoms with Crippen molar-refractivity contribution in [2.45, 2.75) is 65.1 Å². The van der Waals surface area contributed by atoms with Crippen molar-refractivity contribution in [1.29, 1.82) is 0 Å². The van der Waals surface area contributed by atoms with Gasteiger partial charge in [-0.15, -0.1) is 0 Å². The summed E-state index contributed by atoms with van der Waals surface area (Å²) in [7, 11) is 0. The SMILES string of the molecule is CCCCCN.CCCCCOC(O)CCN. The molecule has 0 saturated carbocycles. The summed E-state index contributed by atoms with van der Waals surface area (Å²) in [4.78, 5) is 0. The number of hydrogen-bond acceptors (Lipinski definition) is 4. The lowest BCUT2D eigenvalue weighted by Crippen LogP contribution is -2.17. The van der Waals surface area contributed by atoms with Crippen LogP contribution in [0.3, 0.4) is 0 Å². The highest BCUT2D eigenvalue weighted by Gasteiger charge is 2.00. The predicted octanol–water partition coefficient (Wildman–Crippen LogP) is 2.00. The highest BCUT2D eigenvalue weighted by atomic mass is 16.6. The van der Waals surface area contributed by atoms with Crippen molar-refractivity contribution >= 4 is 0 Å². The van der Waals surface area contributed by atoms with E-state index >= 15 is 0 Å². The van der Waals surface area contributed by atoms with Crippen LogP contribution in [0.2, 0.25) is 0 Å². The number of unbranched alkanes of at least 4 members (excludes halogenated alkanes) is 4. The Hall–Kier alpha value is -0.160. The molecule has 0 aliphatic carbocycles.